The lowest BCUT2D eigenvalue weighted by Gasteiger charge is -2.31. The van der Waals surface area contributed by atoms with Crippen LogP contribution in [0.2, 0.25) is 5.02 Å². The third-order valence-corrected chi connectivity index (χ3v) is 7.74. The predicted octanol–water partition coefficient (Wildman–Crippen LogP) is 3.60. The number of likely N-dealkylation sites (N-methyl/N-ethyl adjacent to an activating group) is 1. The Hall–Kier alpha value is -2.42. The van der Waals surface area contributed by atoms with Crippen LogP contribution in [0, 0.1) is 6.92 Å². The Bertz CT molecular complexity index is 1070. The van der Waals surface area contributed by atoms with Gasteiger partial charge in [-0.2, -0.15) is 4.31 Å². The molecular weight excluding hydrogens is 462 g/mol. The fourth-order valence-electron chi connectivity index (χ4n) is 3.11. The summed E-state index contributed by atoms with van der Waals surface area (Å²) in [5.41, 5.74) is 1.60. The van der Waals surface area contributed by atoms with Gasteiger partial charge in [0.05, 0.1) is 11.4 Å². The molecule has 0 unspecified atom stereocenters. The molecular formula is C24H32ClN3O4S. The zero-order chi connectivity index (χ0) is 24.8. The summed E-state index contributed by atoms with van der Waals surface area (Å²) in [6.45, 7) is 6.98. The lowest BCUT2D eigenvalue weighted by atomic mass is 10.1. The van der Waals surface area contributed by atoms with E-state index >= 15 is 0 Å². The zero-order valence-electron chi connectivity index (χ0n) is 19.7. The summed E-state index contributed by atoms with van der Waals surface area (Å²) in [5, 5.41) is 3.35. The summed E-state index contributed by atoms with van der Waals surface area (Å²) in [6.07, 6.45) is 0.744. The number of halogens is 1. The molecule has 2 atom stereocenters. The molecule has 2 aromatic rings. The fraction of sp³-hybridized carbons (Fsp3) is 0.417. The van der Waals surface area contributed by atoms with E-state index in [1.165, 1.54) is 24.1 Å². The van der Waals surface area contributed by atoms with E-state index in [0.29, 0.717) is 10.6 Å². The second-order valence-electron chi connectivity index (χ2n) is 8.18. The molecule has 0 fully saturated rings. The van der Waals surface area contributed by atoms with Gasteiger partial charge in [-0.25, -0.2) is 8.42 Å². The van der Waals surface area contributed by atoms with Crippen molar-refractivity contribution >= 4 is 33.4 Å². The Labute approximate surface area is 201 Å². The van der Waals surface area contributed by atoms with Gasteiger partial charge >= 0.3 is 0 Å². The first-order valence-electron chi connectivity index (χ1n) is 10.8. The number of aryl methyl sites for hydroxylation is 1. The molecule has 2 rings (SSSR count). The highest BCUT2D eigenvalue weighted by Crippen LogP contribution is 2.20. The van der Waals surface area contributed by atoms with Crippen LogP contribution in [-0.2, 0) is 26.2 Å². The third kappa shape index (κ3) is 7.03. The topological polar surface area (TPSA) is 86.8 Å². The van der Waals surface area contributed by atoms with E-state index in [4.69, 9.17) is 11.6 Å². The van der Waals surface area contributed by atoms with Crippen LogP contribution in [0.15, 0.2) is 53.4 Å². The standard InChI is InChI=1S/C24H32ClN3O4S/c1-6-18(3)26-24(30)19(4)28(15-20-9-7-8-10-22(20)25)23(29)16-27(5)33(31,32)21-13-11-17(2)12-14-21/h7-14,18-19H,6,15-16H2,1-5H3,(H,26,30)/t18-,19+/m0/s1. The number of carbonyl (C=O) groups excluding carboxylic acids is 2. The average Bonchev–Trinajstić information content (AvgIpc) is 2.78. The normalized spacial score (nSPS) is 13.4. The van der Waals surface area contributed by atoms with Crippen LogP contribution in [0.3, 0.4) is 0 Å². The lowest BCUT2D eigenvalue weighted by Crippen LogP contribution is -2.51. The number of carbonyl (C=O) groups is 2. The van der Waals surface area contributed by atoms with Crippen LogP contribution in [0.4, 0.5) is 0 Å². The fourth-order valence-corrected chi connectivity index (χ4v) is 4.43. The Balaban J connectivity index is 2.29. The number of nitrogens with one attached hydrogen (secondary N) is 1. The highest BCUT2D eigenvalue weighted by atomic mass is 35.5. The summed E-state index contributed by atoms with van der Waals surface area (Å²) in [5.74, 6) is -0.811. The lowest BCUT2D eigenvalue weighted by molar-refractivity contribution is -0.140. The summed E-state index contributed by atoms with van der Waals surface area (Å²) in [7, 11) is -2.52. The Morgan fingerprint density at radius 2 is 1.67 bits per heavy atom. The third-order valence-electron chi connectivity index (χ3n) is 5.55. The first-order valence-corrected chi connectivity index (χ1v) is 12.6. The first kappa shape index (κ1) is 26.8. The summed E-state index contributed by atoms with van der Waals surface area (Å²) < 4.78 is 26.9. The van der Waals surface area contributed by atoms with Gasteiger partial charge in [-0.05, 0) is 51.0 Å². The molecule has 0 saturated heterocycles. The maximum Gasteiger partial charge on any atom is 0.243 e. The molecule has 0 aliphatic carbocycles. The van der Waals surface area contributed by atoms with E-state index in [1.807, 2.05) is 20.8 Å². The number of nitrogens with zero attached hydrogens (tertiary/aromatic N) is 2. The van der Waals surface area contributed by atoms with E-state index in [9.17, 15) is 18.0 Å². The number of hydrogen-bond donors (Lipinski definition) is 1. The minimum atomic E-state index is -3.88. The van der Waals surface area contributed by atoms with E-state index in [2.05, 4.69) is 5.32 Å². The van der Waals surface area contributed by atoms with Gasteiger partial charge in [-0.1, -0.05) is 54.4 Å². The smallest absolute Gasteiger partial charge is 0.243 e. The van der Waals surface area contributed by atoms with Gasteiger partial charge in [0, 0.05) is 24.7 Å². The van der Waals surface area contributed by atoms with Crippen LogP contribution in [0.5, 0.6) is 0 Å². The highest BCUT2D eigenvalue weighted by Gasteiger charge is 2.30. The van der Waals surface area contributed by atoms with Gasteiger partial charge in [0.1, 0.15) is 6.04 Å². The molecule has 9 heteroatoms. The molecule has 180 valence electrons. The van der Waals surface area contributed by atoms with Gasteiger partial charge in [0.15, 0.2) is 0 Å². The number of amides is 2. The molecule has 2 aromatic carbocycles. The van der Waals surface area contributed by atoms with Crippen molar-refractivity contribution in [3.8, 4) is 0 Å². The summed E-state index contributed by atoms with van der Waals surface area (Å²) in [4.78, 5) is 27.6. The van der Waals surface area contributed by atoms with E-state index in [-0.39, 0.29) is 23.4 Å². The monoisotopic (exact) mass is 493 g/mol. The largest absolute Gasteiger partial charge is 0.352 e. The molecule has 1 N–H and O–H groups in total. The second kappa shape index (κ2) is 11.6. The SMILES string of the molecule is CC[C@H](C)NC(=O)[C@@H](C)N(Cc1ccccc1Cl)C(=O)CN(C)S(=O)(=O)c1ccc(C)cc1. The van der Waals surface area contributed by atoms with Crippen LogP contribution < -0.4 is 5.32 Å². The van der Waals surface area contributed by atoms with Crippen molar-refractivity contribution in [2.45, 2.75) is 57.6 Å². The Morgan fingerprint density at radius 3 is 2.24 bits per heavy atom. The van der Waals surface area contributed by atoms with E-state index < -0.39 is 28.5 Å². The zero-order valence-corrected chi connectivity index (χ0v) is 21.3. The molecule has 33 heavy (non-hydrogen) atoms. The molecule has 0 radical (unpaired) electrons. The average molecular weight is 494 g/mol. The van der Waals surface area contributed by atoms with Crippen LogP contribution in [0.25, 0.3) is 0 Å². The van der Waals surface area contributed by atoms with Crippen molar-refractivity contribution in [2.75, 3.05) is 13.6 Å². The molecule has 0 saturated carbocycles. The number of sulfonamides is 1. The molecule has 0 heterocycles. The maximum absolute atomic E-state index is 13.3. The highest BCUT2D eigenvalue weighted by molar-refractivity contribution is 7.89. The Morgan fingerprint density at radius 1 is 1.06 bits per heavy atom. The van der Waals surface area contributed by atoms with Gasteiger partial charge in [0.25, 0.3) is 0 Å². The number of benzene rings is 2. The minimum absolute atomic E-state index is 0.0539. The van der Waals surface area contributed by atoms with Crippen molar-refractivity contribution in [3.05, 3.63) is 64.7 Å². The van der Waals surface area contributed by atoms with Gasteiger partial charge < -0.3 is 10.2 Å². The summed E-state index contributed by atoms with van der Waals surface area (Å²) in [6, 6.07) is 12.6. The van der Waals surface area contributed by atoms with Crippen molar-refractivity contribution in [1.29, 1.82) is 0 Å². The molecule has 7 nitrogen and oxygen atoms in total. The molecule has 0 aliphatic heterocycles. The molecule has 0 spiro atoms. The van der Waals surface area contributed by atoms with Crippen molar-refractivity contribution < 1.29 is 18.0 Å². The van der Waals surface area contributed by atoms with Crippen LogP contribution in [0.1, 0.15) is 38.3 Å². The van der Waals surface area contributed by atoms with E-state index in [1.54, 1.807) is 43.3 Å². The molecule has 0 aliphatic rings. The van der Waals surface area contributed by atoms with Crippen LogP contribution in [-0.4, -0.2) is 55.1 Å². The first-order chi connectivity index (χ1) is 15.5. The van der Waals surface area contributed by atoms with Crippen molar-refractivity contribution in [1.82, 2.24) is 14.5 Å². The number of rotatable bonds is 10. The summed E-state index contributed by atoms with van der Waals surface area (Å²) >= 11 is 6.29. The van der Waals surface area contributed by atoms with Gasteiger partial charge in [-0.3, -0.25) is 9.59 Å². The van der Waals surface area contributed by atoms with Gasteiger partial charge in [0.2, 0.25) is 21.8 Å². The Kier molecular flexibility index (Phi) is 9.46. The number of hydrogen-bond acceptors (Lipinski definition) is 4. The maximum atomic E-state index is 13.3. The minimum Gasteiger partial charge on any atom is -0.352 e. The molecule has 2 amide bonds. The van der Waals surface area contributed by atoms with Crippen molar-refractivity contribution in [2.24, 2.45) is 0 Å². The quantitative estimate of drug-likeness (QED) is 0.547. The predicted molar refractivity (Wildman–Crippen MR) is 130 cm³/mol. The molecule has 0 bridgehead atoms. The molecule has 0 aromatic heterocycles. The van der Waals surface area contributed by atoms with Crippen molar-refractivity contribution in [3.63, 3.8) is 0 Å². The van der Waals surface area contributed by atoms with Crippen LogP contribution >= 0.6 is 11.6 Å². The van der Waals surface area contributed by atoms with Gasteiger partial charge in [-0.15, -0.1) is 0 Å². The van der Waals surface area contributed by atoms with E-state index in [0.717, 1.165) is 16.3 Å². The second-order valence-corrected chi connectivity index (χ2v) is 10.6.